The zero-order valence-corrected chi connectivity index (χ0v) is 48.8. The molecule has 2 aliphatic carbocycles. The summed E-state index contributed by atoms with van der Waals surface area (Å²) in [6, 6.07) is 8.41. The molecule has 6 atom stereocenters. The van der Waals surface area contributed by atoms with E-state index in [2.05, 4.69) is 42.2 Å². The molecule has 7 amide bonds. The number of nitro groups is 1. The predicted molar refractivity (Wildman–Crippen MR) is 301 cm³/mol. The van der Waals surface area contributed by atoms with Crippen LogP contribution in [0.1, 0.15) is 131 Å². The van der Waals surface area contributed by atoms with E-state index in [1.165, 1.54) is 24.3 Å². The fraction of sp³-hybridized carbons (Fsp3) is 0.625. The van der Waals surface area contributed by atoms with Gasteiger partial charge in [-0.2, -0.15) is 0 Å². The molecule has 0 aliphatic heterocycles. The van der Waals surface area contributed by atoms with Gasteiger partial charge >= 0.3 is 18.3 Å². The van der Waals surface area contributed by atoms with E-state index in [9.17, 15) is 43.7 Å². The lowest BCUT2D eigenvalue weighted by atomic mass is 9.98. The molecular formula is C56H84N12O14. The molecule has 1 fully saturated rings. The van der Waals surface area contributed by atoms with Gasteiger partial charge < -0.3 is 67.1 Å². The number of ether oxygens (including phenoxy) is 5. The molecule has 5 rings (SSSR count). The van der Waals surface area contributed by atoms with E-state index in [1.807, 2.05) is 46.2 Å². The molecule has 10 N–H and O–H groups in total. The molecule has 3 aromatic rings. The fourth-order valence-corrected chi connectivity index (χ4v) is 9.50. The second-order valence-electron chi connectivity index (χ2n) is 23.5. The molecule has 0 radical (unpaired) electrons. The Hall–Kier alpha value is -7.45. The molecule has 0 bridgehead atoms. The zero-order valence-electron chi connectivity index (χ0n) is 48.8. The van der Waals surface area contributed by atoms with Crippen LogP contribution in [0.25, 0.3) is 0 Å². The van der Waals surface area contributed by atoms with Crippen LogP contribution in [0.15, 0.2) is 48.5 Å². The first-order valence-electron chi connectivity index (χ1n) is 27.7. The van der Waals surface area contributed by atoms with Crippen molar-refractivity contribution < 1.29 is 62.2 Å². The Labute approximate surface area is 478 Å². The van der Waals surface area contributed by atoms with Crippen molar-refractivity contribution in [2.45, 2.75) is 168 Å². The first kappa shape index (κ1) is 65.4. The molecule has 0 saturated heterocycles. The molecule has 26 heteroatoms. The Bertz CT molecular complexity index is 2690. The number of nitrogens with one attached hydrogen (secondary N) is 6. The van der Waals surface area contributed by atoms with E-state index in [4.69, 9.17) is 35.2 Å². The summed E-state index contributed by atoms with van der Waals surface area (Å²) in [5.74, 6) is -0.974. The van der Waals surface area contributed by atoms with Crippen molar-refractivity contribution in [3.63, 3.8) is 0 Å². The Balaban J connectivity index is 1.07. The average molecular weight is 1150 g/mol. The second-order valence-corrected chi connectivity index (χ2v) is 23.5. The largest absolute Gasteiger partial charge is 0.514 e. The highest BCUT2D eigenvalue weighted by Crippen LogP contribution is 2.53. The first-order valence-corrected chi connectivity index (χ1v) is 27.7. The van der Waals surface area contributed by atoms with E-state index in [0.717, 1.165) is 37.1 Å². The maximum Gasteiger partial charge on any atom is 0.514 e. The fourth-order valence-electron chi connectivity index (χ4n) is 9.50. The number of rotatable bonds is 30. The van der Waals surface area contributed by atoms with Crippen molar-refractivity contribution in [2.75, 3.05) is 38.7 Å². The number of urea groups is 1. The number of primary amides is 1. The minimum atomic E-state index is -1.19. The van der Waals surface area contributed by atoms with E-state index in [1.54, 1.807) is 52.1 Å². The maximum absolute atomic E-state index is 13.9. The van der Waals surface area contributed by atoms with Crippen LogP contribution in [-0.4, -0.2) is 124 Å². The number of benzene rings is 2. The smallest absolute Gasteiger partial charge is 0.449 e. The topological polar surface area (TPSA) is 364 Å². The predicted octanol–water partition coefficient (Wildman–Crippen LogP) is 5.39. The average Bonchev–Trinajstić information content (AvgIpc) is 3.99. The summed E-state index contributed by atoms with van der Waals surface area (Å²) in [6.45, 7) is 17.3. The third-order valence-corrected chi connectivity index (χ3v) is 14.6. The van der Waals surface area contributed by atoms with Gasteiger partial charge in [-0.15, -0.1) is 5.10 Å². The highest BCUT2D eigenvalue weighted by atomic mass is 16.7. The van der Waals surface area contributed by atoms with Crippen molar-refractivity contribution in [3.8, 4) is 5.75 Å². The second kappa shape index (κ2) is 29.0. The lowest BCUT2D eigenvalue weighted by Gasteiger charge is -2.33. The normalized spacial score (nSPS) is 17.4. The number of nitrogens with two attached hydrogens (primary N) is 2. The van der Waals surface area contributed by atoms with Crippen molar-refractivity contribution in [2.24, 2.45) is 35.1 Å². The van der Waals surface area contributed by atoms with Crippen LogP contribution in [-0.2, 0) is 63.1 Å². The molecule has 26 nitrogen and oxygen atoms in total. The number of hydrogen-bond donors (Lipinski definition) is 8. The van der Waals surface area contributed by atoms with Crippen molar-refractivity contribution in [1.82, 2.24) is 41.6 Å². The molecule has 2 aromatic carbocycles. The Kier molecular flexibility index (Phi) is 23.1. The van der Waals surface area contributed by atoms with Crippen LogP contribution < -0.4 is 48.1 Å². The lowest BCUT2D eigenvalue weighted by molar-refractivity contribution is -0.384. The number of anilines is 1. The monoisotopic (exact) mass is 1150 g/mol. The van der Waals surface area contributed by atoms with E-state index in [-0.39, 0.29) is 87.3 Å². The van der Waals surface area contributed by atoms with Gasteiger partial charge in [-0.25, -0.2) is 19.1 Å². The highest BCUT2D eigenvalue weighted by Gasteiger charge is 2.51. The number of aryl methyl sites for hydroxylation is 1. The van der Waals surface area contributed by atoms with Crippen molar-refractivity contribution >= 4 is 53.3 Å². The summed E-state index contributed by atoms with van der Waals surface area (Å²) in [5, 5.41) is 36.3. The summed E-state index contributed by atoms with van der Waals surface area (Å²) < 4.78 is 30.3. The first-order chi connectivity index (χ1) is 38.5. The number of nitro benzene ring substituents is 1. The zero-order chi connectivity index (χ0) is 60.6. The number of amides is 7. The van der Waals surface area contributed by atoms with Crippen LogP contribution in [0, 0.1) is 33.8 Å². The van der Waals surface area contributed by atoms with Crippen LogP contribution in [0.3, 0.4) is 0 Å². The van der Waals surface area contributed by atoms with E-state index < -0.39 is 69.5 Å². The molecular weight excluding hydrogens is 1060 g/mol. The quantitative estimate of drug-likeness (QED) is 0.0104. The summed E-state index contributed by atoms with van der Waals surface area (Å²) in [6.07, 6.45) is 3.08. The van der Waals surface area contributed by atoms with Gasteiger partial charge in [0.15, 0.2) is 0 Å². The number of non-ortho nitro benzene ring substituents is 1. The number of hydrogen-bond acceptors (Lipinski definition) is 17. The van der Waals surface area contributed by atoms with Gasteiger partial charge in [0, 0.05) is 44.3 Å². The molecule has 1 heterocycles. The SMILES string of the molecule is CNC(=O)CCC(C)(C)OCC(C)(N)NC(=O)OCC1C2CCc3nnn(C(C)(C)COC(C)(C)CCC(=O)NC(C(=O)N[C@@H](CCCNC(N)=O)C(=O)Nc4ccc(COC(=O)Oc5ccc([N+](=O)[O-])cc5)cc4)C(C)C)c3CCC21. The summed E-state index contributed by atoms with van der Waals surface area (Å²) in [5.41, 5.74) is 11.1. The van der Waals surface area contributed by atoms with Gasteiger partial charge in [0.1, 0.15) is 30.1 Å². The van der Waals surface area contributed by atoms with Crippen molar-refractivity contribution in [3.05, 3.63) is 75.6 Å². The third-order valence-electron chi connectivity index (χ3n) is 14.6. The number of nitrogens with zero attached hydrogens (tertiary/aromatic N) is 4. The van der Waals surface area contributed by atoms with Crippen LogP contribution in [0.2, 0.25) is 0 Å². The third kappa shape index (κ3) is 20.8. The van der Waals surface area contributed by atoms with E-state index >= 15 is 0 Å². The Morgan fingerprint density at radius 1 is 0.817 bits per heavy atom. The van der Waals surface area contributed by atoms with Gasteiger partial charge in [-0.3, -0.25) is 29.3 Å². The van der Waals surface area contributed by atoms with Gasteiger partial charge in [0.05, 0.1) is 52.9 Å². The minimum absolute atomic E-state index is 0.0250. The number of alkyl carbamates (subject to hydrolysis) is 1. The van der Waals surface area contributed by atoms with Gasteiger partial charge in [0.2, 0.25) is 23.6 Å². The van der Waals surface area contributed by atoms with Crippen LogP contribution in [0.5, 0.6) is 5.75 Å². The van der Waals surface area contributed by atoms with Crippen molar-refractivity contribution in [1.29, 1.82) is 0 Å². The molecule has 1 saturated carbocycles. The molecule has 5 unspecified atom stereocenters. The molecule has 82 heavy (non-hydrogen) atoms. The number of aromatic nitrogens is 3. The molecule has 452 valence electrons. The summed E-state index contributed by atoms with van der Waals surface area (Å²) in [7, 11) is 1.58. The van der Waals surface area contributed by atoms with Gasteiger partial charge in [0.25, 0.3) is 5.69 Å². The molecule has 1 aromatic heterocycles. The Morgan fingerprint density at radius 2 is 1.44 bits per heavy atom. The number of carbonyl (C=O) groups is 7. The van der Waals surface area contributed by atoms with Gasteiger partial charge in [-0.1, -0.05) is 31.2 Å². The summed E-state index contributed by atoms with van der Waals surface area (Å²) in [4.78, 5) is 99.6. The standard InChI is InChI=1S/C56H84N12O14/c1-34(2)47(49(72)62-43(12-11-29-60-50(57)73)48(71)61-36-15-13-35(14-16-36)30-79-52(75)82-38-19-17-37(18-20-38)68(76)77)63-46(70)26-28-54(5,6)80-32-53(3,4)67-44-24-22-40-39(21-23-42(44)65-66-67)41(40)31-78-51(74)64-56(9,58)33-81-55(7,8)27-25-45(69)59-10/h13-20,34,39-41,43,47H,11-12,21-33,58H2,1-10H3,(H,59,69)(H,61,71)(H,62,72)(H,63,70)(H,64,74)(H3,57,60,73)/t39?,40?,41?,43-,47?,56?/m0/s1. The summed E-state index contributed by atoms with van der Waals surface area (Å²) >= 11 is 0. The lowest BCUT2D eigenvalue weighted by Crippen LogP contribution is -2.58. The Morgan fingerprint density at radius 3 is 2.05 bits per heavy atom. The number of carbonyl (C=O) groups excluding carboxylic acids is 7. The highest BCUT2D eigenvalue weighted by molar-refractivity contribution is 5.98. The minimum Gasteiger partial charge on any atom is -0.449 e. The number of fused-ring (bicyclic) bond motifs is 2. The maximum atomic E-state index is 13.9. The van der Waals surface area contributed by atoms with Crippen LogP contribution >= 0.6 is 0 Å². The van der Waals surface area contributed by atoms with Gasteiger partial charge in [-0.05, 0) is 153 Å². The van der Waals surface area contributed by atoms with Crippen LogP contribution in [0.4, 0.5) is 25.8 Å². The molecule has 2 aliphatic rings. The molecule has 0 spiro atoms. The van der Waals surface area contributed by atoms with E-state index in [0.29, 0.717) is 42.3 Å².